The number of ether oxygens (including phenoxy) is 2. The summed E-state index contributed by atoms with van der Waals surface area (Å²) in [5.74, 6) is -3.56. The Bertz CT molecular complexity index is 1320. The van der Waals surface area contributed by atoms with E-state index in [0.717, 1.165) is 6.07 Å². The van der Waals surface area contributed by atoms with Crippen LogP contribution in [0.15, 0.2) is 72.6 Å². The largest absolute Gasteiger partial charge is 0.507 e. The van der Waals surface area contributed by atoms with E-state index in [1.807, 2.05) is 0 Å². The molecule has 8 nitrogen and oxygen atoms in total. The number of rotatable bonds is 6. The Balaban J connectivity index is 1.85. The van der Waals surface area contributed by atoms with Crippen molar-refractivity contribution in [3.63, 3.8) is 0 Å². The number of methoxy groups -OCH3 is 2. The van der Waals surface area contributed by atoms with Crippen molar-refractivity contribution in [3.05, 3.63) is 101 Å². The number of esters is 1. The van der Waals surface area contributed by atoms with E-state index in [4.69, 9.17) is 9.47 Å². The third-order valence-electron chi connectivity index (χ3n) is 5.71. The van der Waals surface area contributed by atoms with E-state index in [9.17, 15) is 23.9 Å². The molecule has 1 unspecified atom stereocenters. The number of amides is 1. The number of carbonyl (C=O) groups is 3. The van der Waals surface area contributed by atoms with Gasteiger partial charge in [0.15, 0.2) is 11.6 Å². The highest BCUT2D eigenvalue weighted by Crippen LogP contribution is 2.40. The molecule has 3 aromatic rings. The van der Waals surface area contributed by atoms with Crippen LogP contribution in [0.3, 0.4) is 0 Å². The quantitative estimate of drug-likeness (QED) is 0.251. The molecule has 0 spiro atoms. The minimum atomic E-state index is -0.986. The first-order valence-corrected chi connectivity index (χ1v) is 10.5. The molecule has 2 aromatic carbocycles. The van der Waals surface area contributed by atoms with Crippen LogP contribution < -0.4 is 4.74 Å². The Morgan fingerprint density at radius 1 is 1.03 bits per heavy atom. The number of pyridine rings is 1. The van der Waals surface area contributed by atoms with Gasteiger partial charge in [0.1, 0.15) is 5.76 Å². The number of aliphatic hydroxyl groups excluding tert-OH is 1. The molecule has 1 aliphatic rings. The van der Waals surface area contributed by atoms with Gasteiger partial charge in [0.05, 0.1) is 31.4 Å². The molecule has 1 saturated heterocycles. The van der Waals surface area contributed by atoms with E-state index in [1.165, 1.54) is 43.4 Å². The molecule has 0 bridgehead atoms. The second-order valence-electron chi connectivity index (χ2n) is 7.75. The maximum absolute atomic E-state index is 14.3. The highest BCUT2D eigenvalue weighted by atomic mass is 19.1. The van der Waals surface area contributed by atoms with E-state index >= 15 is 0 Å². The number of aliphatic hydroxyl groups is 1. The lowest BCUT2D eigenvalue weighted by Gasteiger charge is -2.25. The van der Waals surface area contributed by atoms with E-state index in [2.05, 4.69) is 4.98 Å². The summed E-state index contributed by atoms with van der Waals surface area (Å²) >= 11 is 0. The van der Waals surface area contributed by atoms with Gasteiger partial charge in [-0.15, -0.1) is 0 Å². The first-order chi connectivity index (χ1) is 16.8. The molecule has 0 radical (unpaired) electrons. The Labute approximate surface area is 200 Å². The molecule has 0 saturated carbocycles. The van der Waals surface area contributed by atoms with Gasteiger partial charge in [-0.05, 0) is 53.6 Å². The van der Waals surface area contributed by atoms with Gasteiger partial charge in [0.2, 0.25) is 0 Å². The van der Waals surface area contributed by atoms with Crippen molar-refractivity contribution in [3.8, 4) is 5.75 Å². The van der Waals surface area contributed by atoms with Crippen LogP contribution >= 0.6 is 0 Å². The van der Waals surface area contributed by atoms with E-state index in [0.29, 0.717) is 11.1 Å². The molecule has 1 N–H and O–H groups in total. The molecular formula is C26H21FN2O6. The first-order valence-electron chi connectivity index (χ1n) is 10.5. The summed E-state index contributed by atoms with van der Waals surface area (Å²) in [6, 6.07) is 12.3. The standard InChI is InChI=1S/C26H21FN2O6/c1-34-20-8-7-18(13-19(20)27)23(30)21-22(16-3-5-17(6-4-16)26(33)35-2)29(25(32)24(21)31)14-15-9-11-28-12-10-15/h3-13,22,30H,14H2,1-2H3/b23-21-. The zero-order valence-electron chi connectivity index (χ0n) is 18.9. The van der Waals surface area contributed by atoms with Crippen molar-refractivity contribution < 1.29 is 33.4 Å². The highest BCUT2D eigenvalue weighted by molar-refractivity contribution is 6.46. The van der Waals surface area contributed by atoms with Crippen molar-refractivity contribution in [2.75, 3.05) is 14.2 Å². The number of hydrogen-bond donors (Lipinski definition) is 1. The highest BCUT2D eigenvalue weighted by Gasteiger charge is 2.46. The predicted octanol–water partition coefficient (Wildman–Crippen LogP) is 3.64. The Morgan fingerprint density at radius 2 is 1.69 bits per heavy atom. The SMILES string of the molecule is COC(=O)c1ccc(C2/C(=C(/O)c3ccc(OC)c(F)c3)C(=O)C(=O)N2Cc2ccncc2)cc1. The van der Waals surface area contributed by atoms with Crippen LogP contribution in [0.2, 0.25) is 0 Å². The number of nitrogens with zero attached hydrogens (tertiary/aromatic N) is 2. The molecule has 1 amide bonds. The summed E-state index contributed by atoms with van der Waals surface area (Å²) in [6.45, 7) is 0.0598. The average Bonchev–Trinajstić information content (AvgIpc) is 3.13. The summed E-state index contributed by atoms with van der Waals surface area (Å²) in [5, 5.41) is 11.1. The second-order valence-corrected chi connectivity index (χ2v) is 7.75. The number of ketones is 1. The predicted molar refractivity (Wildman–Crippen MR) is 123 cm³/mol. The molecule has 178 valence electrons. The lowest BCUT2D eigenvalue weighted by atomic mass is 9.94. The van der Waals surface area contributed by atoms with Crippen LogP contribution in [-0.4, -0.2) is 46.9 Å². The zero-order chi connectivity index (χ0) is 25.1. The van der Waals surface area contributed by atoms with Gasteiger partial charge in [-0.1, -0.05) is 12.1 Å². The van der Waals surface area contributed by atoms with Gasteiger partial charge in [0.25, 0.3) is 11.7 Å². The van der Waals surface area contributed by atoms with Gasteiger partial charge in [0, 0.05) is 24.5 Å². The molecular weight excluding hydrogens is 455 g/mol. The number of benzene rings is 2. The number of Topliss-reactive ketones (excluding diaryl/α,β-unsaturated/α-hetero) is 1. The normalized spacial score (nSPS) is 16.9. The smallest absolute Gasteiger partial charge is 0.337 e. The van der Waals surface area contributed by atoms with Gasteiger partial charge in [-0.3, -0.25) is 14.6 Å². The van der Waals surface area contributed by atoms with E-state index in [1.54, 1.807) is 36.7 Å². The van der Waals surface area contributed by atoms with Crippen molar-refractivity contribution in [2.45, 2.75) is 12.6 Å². The topological polar surface area (TPSA) is 106 Å². The molecule has 4 rings (SSSR count). The second kappa shape index (κ2) is 9.76. The number of carbonyl (C=O) groups excluding carboxylic acids is 3. The Hall–Kier alpha value is -4.53. The van der Waals surface area contributed by atoms with Crippen LogP contribution in [0.4, 0.5) is 4.39 Å². The first kappa shape index (κ1) is 23.6. The molecule has 9 heteroatoms. The molecule has 2 heterocycles. The fraction of sp³-hybridized carbons (Fsp3) is 0.154. The number of halogens is 1. The minimum absolute atomic E-state index is 0.0152. The Kier molecular flexibility index (Phi) is 6.59. The van der Waals surface area contributed by atoms with Crippen molar-refractivity contribution in [2.24, 2.45) is 0 Å². The molecule has 35 heavy (non-hydrogen) atoms. The maximum Gasteiger partial charge on any atom is 0.337 e. The van der Waals surface area contributed by atoms with Crippen LogP contribution in [0.25, 0.3) is 5.76 Å². The third-order valence-corrected chi connectivity index (χ3v) is 5.71. The number of likely N-dealkylation sites (tertiary alicyclic amines) is 1. The number of aromatic nitrogens is 1. The zero-order valence-corrected chi connectivity index (χ0v) is 18.9. The molecule has 0 aliphatic carbocycles. The Morgan fingerprint density at radius 3 is 2.29 bits per heavy atom. The summed E-state index contributed by atoms with van der Waals surface area (Å²) in [4.78, 5) is 43.3. The monoisotopic (exact) mass is 476 g/mol. The van der Waals surface area contributed by atoms with Crippen LogP contribution in [0.1, 0.15) is 33.1 Å². The summed E-state index contributed by atoms with van der Waals surface area (Å²) in [7, 11) is 2.56. The molecule has 1 aliphatic heterocycles. The van der Waals surface area contributed by atoms with Gasteiger partial charge in [-0.2, -0.15) is 0 Å². The third kappa shape index (κ3) is 4.48. The molecule has 1 atom stereocenters. The van der Waals surface area contributed by atoms with Crippen molar-refractivity contribution >= 4 is 23.4 Å². The van der Waals surface area contributed by atoms with Crippen LogP contribution in [0, 0.1) is 5.82 Å². The van der Waals surface area contributed by atoms with Gasteiger partial charge >= 0.3 is 5.97 Å². The van der Waals surface area contributed by atoms with Crippen LogP contribution in [-0.2, 0) is 20.9 Å². The van der Waals surface area contributed by atoms with E-state index < -0.39 is 35.3 Å². The molecule has 1 aromatic heterocycles. The maximum atomic E-state index is 14.3. The lowest BCUT2D eigenvalue weighted by Crippen LogP contribution is -2.29. The van der Waals surface area contributed by atoms with Crippen molar-refractivity contribution in [1.82, 2.24) is 9.88 Å². The van der Waals surface area contributed by atoms with Crippen molar-refractivity contribution in [1.29, 1.82) is 0 Å². The van der Waals surface area contributed by atoms with E-state index in [-0.39, 0.29) is 29.0 Å². The van der Waals surface area contributed by atoms with Gasteiger partial charge in [-0.25, -0.2) is 9.18 Å². The average molecular weight is 476 g/mol. The van der Waals surface area contributed by atoms with Crippen LogP contribution in [0.5, 0.6) is 5.75 Å². The minimum Gasteiger partial charge on any atom is -0.507 e. The summed E-state index contributed by atoms with van der Waals surface area (Å²) in [5.41, 5.74) is 1.29. The fourth-order valence-corrected chi connectivity index (χ4v) is 3.96. The number of hydrogen-bond acceptors (Lipinski definition) is 7. The van der Waals surface area contributed by atoms with Gasteiger partial charge < -0.3 is 19.5 Å². The molecule has 1 fully saturated rings. The summed E-state index contributed by atoms with van der Waals surface area (Å²) in [6.07, 6.45) is 3.12. The lowest BCUT2D eigenvalue weighted by molar-refractivity contribution is -0.140. The fourth-order valence-electron chi connectivity index (χ4n) is 3.96. The summed E-state index contributed by atoms with van der Waals surface area (Å²) < 4.78 is 24.0.